The Kier molecular flexibility index (Phi) is 3.87. The molecule has 0 unspecified atom stereocenters. The molecule has 0 amide bonds. The van der Waals surface area contributed by atoms with Gasteiger partial charge in [-0.25, -0.2) is 4.98 Å². The van der Waals surface area contributed by atoms with Crippen molar-refractivity contribution >= 4 is 16.7 Å². The number of anilines is 1. The van der Waals surface area contributed by atoms with E-state index in [1.807, 2.05) is 6.07 Å². The molecule has 0 saturated heterocycles. The van der Waals surface area contributed by atoms with E-state index < -0.39 is 0 Å². The lowest BCUT2D eigenvalue weighted by molar-refractivity contribution is 0.851. The van der Waals surface area contributed by atoms with Crippen LogP contribution in [-0.2, 0) is 0 Å². The van der Waals surface area contributed by atoms with Crippen molar-refractivity contribution in [3.05, 3.63) is 60.7 Å². The van der Waals surface area contributed by atoms with Gasteiger partial charge in [0.15, 0.2) is 0 Å². The zero-order valence-electron chi connectivity index (χ0n) is 12.6. The van der Waals surface area contributed by atoms with Crippen LogP contribution in [0.15, 0.2) is 60.7 Å². The highest BCUT2D eigenvalue weighted by Gasteiger charge is 2.13. The van der Waals surface area contributed by atoms with Crippen LogP contribution in [0.25, 0.3) is 22.0 Å². The highest BCUT2D eigenvalue weighted by molar-refractivity contribution is 5.89. The second kappa shape index (κ2) is 5.96. The molecule has 0 saturated carbocycles. The predicted octanol–water partition coefficient (Wildman–Crippen LogP) is 4.75. The van der Waals surface area contributed by atoms with Crippen molar-refractivity contribution in [1.29, 1.82) is 0 Å². The minimum absolute atomic E-state index is 0.960. The van der Waals surface area contributed by atoms with Crippen LogP contribution in [0, 0.1) is 0 Å². The standard InChI is InChI=1S/C19H20N2/c1-3-21(4-2)19-17(15-10-6-5-7-11-15)14-16-12-8-9-13-18(16)20-19/h5-14H,3-4H2,1-2H3. The number of pyridine rings is 1. The molecule has 2 heteroatoms. The van der Waals surface area contributed by atoms with Crippen molar-refractivity contribution in [2.24, 2.45) is 0 Å². The molecule has 0 N–H and O–H groups in total. The van der Waals surface area contributed by atoms with E-state index in [1.165, 1.54) is 16.5 Å². The van der Waals surface area contributed by atoms with Crippen molar-refractivity contribution in [2.45, 2.75) is 13.8 Å². The molecule has 21 heavy (non-hydrogen) atoms. The van der Waals surface area contributed by atoms with E-state index in [4.69, 9.17) is 4.98 Å². The number of para-hydroxylation sites is 1. The van der Waals surface area contributed by atoms with E-state index in [1.54, 1.807) is 0 Å². The largest absolute Gasteiger partial charge is 0.357 e. The third-order valence-electron chi connectivity index (χ3n) is 3.85. The summed E-state index contributed by atoms with van der Waals surface area (Å²) in [6.45, 7) is 6.27. The highest BCUT2D eigenvalue weighted by atomic mass is 15.2. The molecule has 0 aliphatic heterocycles. The van der Waals surface area contributed by atoms with Crippen LogP contribution in [-0.4, -0.2) is 18.1 Å². The van der Waals surface area contributed by atoms with Crippen LogP contribution in [0.4, 0.5) is 5.82 Å². The quantitative estimate of drug-likeness (QED) is 0.683. The van der Waals surface area contributed by atoms with Gasteiger partial charge in [-0.05, 0) is 31.5 Å². The maximum atomic E-state index is 4.92. The van der Waals surface area contributed by atoms with Crippen LogP contribution in [0.2, 0.25) is 0 Å². The Labute approximate surface area is 126 Å². The first-order valence-electron chi connectivity index (χ1n) is 7.53. The van der Waals surface area contributed by atoms with Crippen molar-refractivity contribution in [3.8, 4) is 11.1 Å². The molecular formula is C19H20N2. The van der Waals surface area contributed by atoms with E-state index in [-0.39, 0.29) is 0 Å². The SMILES string of the molecule is CCN(CC)c1nc2ccccc2cc1-c1ccccc1. The lowest BCUT2D eigenvalue weighted by Gasteiger charge is -2.23. The summed E-state index contributed by atoms with van der Waals surface area (Å²) in [4.78, 5) is 7.23. The average Bonchev–Trinajstić information content (AvgIpc) is 2.56. The van der Waals surface area contributed by atoms with Gasteiger partial charge in [0, 0.05) is 24.0 Å². The minimum atomic E-state index is 0.960. The van der Waals surface area contributed by atoms with Gasteiger partial charge in [-0.1, -0.05) is 48.5 Å². The van der Waals surface area contributed by atoms with Crippen LogP contribution in [0.5, 0.6) is 0 Å². The van der Waals surface area contributed by atoms with Gasteiger partial charge < -0.3 is 4.90 Å². The first kappa shape index (κ1) is 13.6. The summed E-state index contributed by atoms with van der Waals surface area (Å²) in [5.41, 5.74) is 3.48. The summed E-state index contributed by atoms with van der Waals surface area (Å²) < 4.78 is 0. The third kappa shape index (κ3) is 2.62. The molecule has 0 radical (unpaired) electrons. The fourth-order valence-corrected chi connectivity index (χ4v) is 2.70. The van der Waals surface area contributed by atoms with Gasteiger partial charge in [0.2, 0.25) is 0 Å². The van der Waals surface area contributed by atoms with Crippen LogP contribution in [0.1, 0.15) is 13.8 Å². The molecule has 0 bridgehead atoms. The fourth-order valence-electron chi connectivity index (χ4n) is 2.70. The fraction of sp³-hybridized carbons (Fsp3) is 0.211. The van der Waals surface area contributed by atoms with Crippen molar-refractivity contribution in [1.82, 2.24) is 4.98 Å². The number of hydrogen-bond donors (Lipinski definition) is 0. The third-order valence-corrected chi connectivity index (χ3v) is 3.85. The lowest BCUT2D eigenvalue weighted by Crippen LogP contribution is -2.23. The van der Waals surface area contributed by atoms with Gasteiger partial charge in [-0.15, -0.1) is 0 Å². The smallest absolute Gasteiger partial charge is 0.137 e. The van der Waals surface area contributed by atoms with Gasteiger partial charge in [0.1, 0.15) is 5.82 Å². The maximum Gasteiger partial charge on any atom is 0.137 e. The molecule has 0 atom stereocenters. The highest BCUT2D eigenvalue weighted by Crippen LogP contribution is 2.32. The molecule has 1 heterocycles. The maximum absolute atomic E-state index is 4.92. The summed E-state index contributed by atoms with van der Waals surface area (Å²) in [5.74, 6) is 1.07. The summed E-state index contributed by atoms with van der Waals surface area (Å²) in [6, 6.07) is 21.1. The first-order chi connectivity index (χ1) is 10.3. The van der Waals surface area contributed by atoms with Crippen LogP contribution >= 0.6 is 0 Å². The Morgan fingerprint density at radius 3 is 2.24 bits per heavy atom. The normalized spacial score (nSPS) is 10.8. The number of hydrogen-bond acceptors (Lipinski definition) is 2. The molecule has 0 fully saturated rings. The number of aromatic nitrogens is 1. The van der Waals surface area contributed by atoms with Gasteiger partial charge in [-0.2, -0.15) is 0 Å². The van der Waals surface area contributed by atoms with E-state index in [0.29, 0.717) is 0 Å². The number of nitrogens with zero attached hydrogens (tertiary/aromatic N) is 2. The number of rotatable bonds is 4. The Balaban J connectivity index is 2.26. The zero-order chi connectivity index (χ0) is 14.7. The lowest BCUT2D eigenvalue weighted by atomic mass is 10.0. The second-order valence-electron chi connectivity index (χ2n) is 5.09. The van der Waals surface area contributed by atoms with Crippen LogP contribution < -0.4 is 4.90 Å². The molecule has 1 aromatic heterocycles. The van der Waals surface area contributed by atoms with E-state index in [2.05, 4.69) is 73.3 Å². The molecule has 2 nitrogen and oxygen atoms in total. The topological polar surface area (TPSA) is 16.1 Å². The van der Waals surface area contributed by atoms with Gasteiger partial charge in [0.05, 0.1) is 5.52 Å². The monoisotopic (exact) mass is 276 g/mol. The minimum Gasteiger partial charge on any atom is -0.357 e. The van der Waals surface area contributed by atoms with Crippen molar-refractivity contribution in [2.75, 3.05) is 18.0 Å². The molecule has 106 valence electrons. The summed E-state index contributed by atoms with van der Waals surface area (Å²) in [7, 11) is 0. The second-order valence-corrected chi connectivity index (χ2v) is 5.09. The predicted molar refractivity (Wildman–Crippen MR) is 90.7 cm³/mol. The van der Waals surface area contributed by atoms with Gasteiger partial charge in [0.25, 0.3) is 0 Å². The van der Waals surface area contributed by atoms with E-state index in [9.17, 15) is 0 Å². The zero-order valence-corrected chi connectivity index (χ0v) is 12.6. The average molecular weight is 276 g/mol. The Morgan fingerprint density at radius 1 is 0.857 bits per heavy atom. The molecular weight excluding hydrogens is 256 g/mol. The van der Waals surface area contributed by atoms with Crippen molar-refractivity contribution < 1.29 is 0 Å². The summed E-state index contributed by atoms with van der Waals surface area (Å²) in [6.07, 6.45) is 0. The molecule has 0 aliphatic carbocycles. The Bertz CT molecular complexity index is 731. The van der Waals surface area contributed by atoms with E-state index >= 15 is 0 Å². The molecule has 2 aromatic carbocycles. The van der Waals surface area contributed by atoms with Gasteiger partial charge in [-0.3, -0.25) is 0 Å². The Morgan fingerprint density at radius 2 is 1.52 bits per heavy atom. The number of benzene rings is 2. The van der Waals surface area contributed by atoms with E-state index in [0.717, 1.165) is 24.4 Å². The molecule has 0 aliphatic rings. The first-order valence-corrected chi connectivity index (χ1v) is 7.53. The molecule has 3 aromatic rings. The van der Waals surface area contributed by atoms with Crippen LogP contribution in [0.3, 0.4) is 0 Å². The summed E-state index contributed by atoms with van der Waals surface area (Å²) >= 11 is 0. The Hall–Kier alpha value is -2.35. The molecule has 0 spiro atoms. The number of fused-ring (bicyclic) bond motifs is 1. The van der Waals surface area contributed by atoms with Gasteiger partial charge >= 0.3 is 0 Å². The van der Waals surface area contributed by atoms with Crippen molar-refractivity contribution in [3.63, 3.8) is 0 Å². The molecule has 3 rings (SSSR count). The summed E-state index contributed by atoms with van der Waals surface area (Å²) in [5, 5.41) is 1.19.